The van der Waals surface area contributed by atoms with Crippen molar-refractivity contribution in [2.75, 3.05) is 38.8 Å². The highest BCUT2D eigenvalue weighted by Gasteiger charge is 2.48. The van der Waals surface area contributed by atoms with Crippen LogP contribution in [0.25, 0.3) is 10.9 Å². The number of fused-ring (bicyclic) bond motifs is 1. The summed E-state index contributed by atoms with van der Waals surface area (Å²) in [5, 5.41) is 1.01. The molecule has 6 nitrogen and oxygen atoms in total. The van der Waals surface area contributed by atoms with Crippen LogP contribution in [0, 0.1) is 11.3 Å². The van der Waals surface area contributed by atoms with Crippen LogP contribution in [0.2, 0.25) is 0 Å². The highest BCUT2D eigenvalue weighted by molar-refractivity contribution is 5.92. The summed E-state index contributed by atoms with van der Waals surface area (Å²) in [4.78, 5) is 11.4. The van der Waals surface area contributed by atoms with Gasteiger partial charge < -0.3 is 20.1 Å². The van der Waals surface area contributed by atoms with E-state index in [4.69, 9.17) is 15.2 Å². The van der Waals surface area contributed by atoms with E-state index in [1.54, 1.807) is 20.5 Å². The van der Waals surface area contributed by atoms with Gasteiger partial charge in [0.25, 0.3) is 0 Å². The van der Waals surface area contributed by atoms with Gasteiger partial charge in [0.05, 0.1) is 19.7 Å². The van der Waals surface area contributed by atoms with Crippen molar-refractivity contribution in [3.63, 3.8) is 0 Å². The fraction of sp³-hybridized carbons (Fsp3) is 0.579. The summed E-state index contributed by atoms with van der Waals surface area (Å²) >= 11 is 0. The van der Waals surface area contributed by atoms with Crippen molar-refractivity contribution >= 4 is 16.7 Å². The number of piperidine rings is 1. The van der Waals surface area contributed by atoms with Gasteiger partial charge in [-0.25, -0.2) is 9.97 Å². The molecule has 2 N–H and O–H groups in total. The summed E-state index contributed by atoms with van der Waals surface area (Å²) < 4.78 is 10.8. The molecule has 1 aromatic heterocycles. The first kappa shape index (κ1) is 16.4. The molecule has 0 unspecified atom stereocenters. The van der Waals surface area contributed by atoms with E-state index in [1.165, 1.54) is 25.7 Å². The number of aromatic nitrogens is 2. The molecule has 2 heterocycles. The molecule has 1 aliphatic carbocycles. The fourth-order valence-corrected chi connectivity index (χ4v) is 4.26. The molecule has 134 valence electrons. The van der Waals surface area contributed by atoms with E-state index in [2.05, 4.69) is 14.9 Å². The largest absolute Gasteiger partial charge is 0.493 e. The maximum atomic E-state index is 6.02. The van der Waals surface area contributed by atoms with Crippen molar-refractivity contribution in [3.8, 4) is 11.5 Å². The van der Waals surface area contributed by atoms with Gasteiger partial charge in [-0.15, -0.1) is 0 Å². The minimum absolute atomic E-state index is 0.441. The Labute approximate surface area is 148 Å². The first-order chi connectivity index (χ1) is 12.2. The van der Waals surface area contributed by atoms with Crippen LogP contribution in [0.5, 0.6) is 11.5 Å². The summed E-state index contributed by atoms with van der Waals surface area (Å²) in [5.74, 6) is 3.15. The number of rotatable bonds is 5. The second-order valence-corrected chi connectivity index (χ2v) is 7.25. The smallest absolute Gasteiger partial charge is 0.162 e. The van der Waals surface area contributed by atoms with Gasteiger partial charge in [0.2, 0.25) is 0 Å². The number of benzene rings is 1. The highest BCUT2D eigenvalue weighted by Crippen LogP contribution is 2.54. The minimum atomic E-state index is 0.441. The lowest BCUT2D eigenvalue weighted by atomic mass is 9.81. The Balaban J connectivity index is 1.61. The standard InChI is InChI=1S/C19H26N4O2/c1-24-16-9-14-15(10-17(16)25-2)21-12-22-18(14)23-7-3-13(4-8-23)19(11-20)5-6-19/h9-10,12-13H,3-8,11,20H2,1-2H3. The van der Waals surface area contributed by atoms with E-state index in [9.17, 15) is 0 Å². The van der Waals surface area contributed by atoms with Crippen LogP contribution in [0.1, 0.15) is 25.7 Å². The van der Waals surface area contributed by atoms with E-state index in [0.717, 1.165) is 42.3 Å². The van der Waals surface area contributed by atoms with Gasteiger partial charge >= 0.3 is 0 Å². The first-order valence-corrected chi connectivity index (χ1v) is 9.02. The van der Waals surface area contributed by atoms with Gasteiger partial charge in [-0.1, -0.05) is 0 Å². The zero-order valence-electron chi connectivity index (χ0n) is 15.0. The van der Waals surface area contributed by atoms with Crippen LogP contribution in [0.4, 0.5) is 5.82 Å². The van der Waals surface area contributed by atoms with Gasteiger partial charge in [0, 0.05) is 24.5 Å². The summed E-state index contributed by atoms with van der Waals surface area (Å²) in [6, 6.07) is 3.90. The molecule has 0 bridgehead atoms. The minimum Gasteiger partial charge on any atom is -0.493 e. The predicted octanol–water partition coefficient (Wildman–Crippen LogP) is 2.60. The molecule has 0 spiro atoms. The van der Waals surface area contributed by atoms with Crippen LogP contribution in [0.3, 0.4) is 0 Å². The molecule has 25 heavy (non-hydrogen) atoms. The average molecular weight is 342 g/mol. The molecule has 4 rings (SSSR count). The van der Waals surface area contributed by atoms with Crippen LogP contribution >= 0.6 is 0 Å². The maximum absolute atomic E-state index is 6.02. The number of nitrogens with two attached hydrogens (primary N) is 1. The van der Waals surface area contributed by atoms with Crippen molar-refractivity contribution < 1.29 is 9.47 Å². The van der Waals surface area contributed by atoms with Gasteiger partial charge in [0.1, 0.15) is 12.1 Å². The van der Waals surface area contributed by atoms with Crippen molar-refractivity contribution in [1.82, 2.24) is 9.97 Å². The molecule has 1 aliphatic heterocycles. The van der Waals surface area contributed by atoms with Crippen molar-refractivity contribution in [1.29, 1.82) is 0 Å². The molecule has 2 aromatic rings. The SMILES string of the molecule is COc1cc2ncnc(N3CCC(C4(CN)CC4)CC3)c2cc1OC. The van der Waals surface area contributed by atoms with Crippen LogP contribution in [-0.2, 0) is 0 Å². The van der Waals surface area contributed by atoms with E-state index in [-0.39, 0.29) is 0 Å². The van der Waals surface area contributed by atoms with E-state index >= 15 is 0 Å². The van der Waals surface area contributed by atoms with E-state index in [1.807, 2.05) is 12.1 Å². The third kappa shape index (κ3) is 2.78. The number of nitrogens with zero attached hydrogens (tertiary/aromatic N) is 3. The molecule has 2 fully saturated rings. The zero-order valence-corrected chi connectivity index (χ0v) is 15.0. The monoisotopic (exact) mass is 342 g/mol. The van der Waals surface area contributed by atoms with E-state index < -0.39 is 0 Å². The molecule has 1 saturated carbocycles. The number of ether oxygens (including phenoxy) is 2. The van der Waals surface area contributed by atoms with Crippen LogP contribution in [-0.4, -0.2) is 43.8 Å². The molecular formula is C19H26N4O2. The fourth-order valence-electron chi connectivity index (χ4n) is 4.26. The third-order valence-corrected chi connectivity index (χ3v) is 6.08. The average Bonchev–Trinajstić information content (AvgIpc) is 3.48. The Morgan fingerprint density at radius 1 is 1.12 bits per heavy atom. The Hall–Kier alpha value is -2.08. The lowest BCUT2D eigenvalue weighted by molar-refractivity contribution is 0.258. The molecule has 0 amide bonds. The third-order valence-electron chi connectivity index (χ3n) is 6.08. The first-order valence-electron chi connectivity index (χ1n) is 9.02. The number of hydrogen-bond acceptors (Lipinski definition) is 6. The molecule has 1 aromatic carbocycles. The van der Waals surface area contributed by atoms with Crippen molar-refractivity contribution in [3.05, 3.63) is 18.5 Å². The van der Waals surface area contributed by atoms with Gasteiger partial charge in [-0.05, 0) is 49.6 Å². The van der Waals surface area contributed by atoms with Crippen molar-refractivity contribution in [2.45, 2.75) is 25.7 Å². The number of hydrogen-bond donors (Lipinski definition) is 1. The lowest BCUT2D eigenvalue weighted by Crippen LogP contribution is -2.39. The zero-order chi connectivity index (χ0) is 17.4. The van der Waals surface area contributed by atoms with Crippen LogP contribution < -0.4 is 20.1 Å². The second-order valence-electron chi connectivity index (χ2n) is 7.25. The molecule has 2 aliphatic rings. The lowest BCUT2D eigenvalue weighted by Gasteiger charge is -2.37. The quantitative estimate of drug-likeness (QED) is 0.900. The molecule has 0 atom stereocenters. The summed E-state index contributed by atoms with van der Waals surface area (Å²) in [6.45, 7) is 2.88. The molecule has 6 heteroatoms. The normalized spacial score (nSPS) is 19.9. The van der Waals surface area contributed by atoms with Crippen LogP contribution in [0.15, 0.2) is 18.5 Å². The Bertz CT molecular complexity index is 767. The topological polar surface area (TPSA) is 73.5 Å². The Morgan fingerprint density at radius 3 is 2.40 bits per heavy atom. The number of anilines is 1. The maximum Gasteiger partial charge on any atom is 0.162 e. The van der Waals surface area contributed by atoms with Gasteiger partial charge in [0.15, 0.2) is 11.5 Å². The predicted molar refractivity (Wildman–Crippen MR) is 98.3 cm³/mol. The molecule has 1 saturated heterocycles. The highest BCUT2D eigenvalue weighted by atomic mass is 16.5. The number of methoxy groups -OCH3 is 2. The Morgan fingerprint density at radius 2 is 1.80 bits per heavy atom. The van der Waals surface area contributed by atoms with Gasteiger partial charge in [-0.3, -0.25) is 0 Å². The summed E-state index contributed by atoms with van der Waals surface area (Å²) in [7, 11) is 3.29. The van der Waals surface area contributed by atoms with Gasteiger partial charge in [-0.2, -0.15) is 0 Å². The summed E-state index contributed by atoms with van der Waals surface area (Å²) in [6.07, 6.45) is 6.63. The second kappa shape index (κ2) is 6.33. The molecule has 0 radical (unpaired) electrons. The van der Waals surface area contributed by atoms with E-state index in [0.29, 0.717) is 16.9 Å². The van der Waals surface area contributed by atoms with Crippen molar-refractivity contribution in [2.24, 2.45) is 17.1 Å². The molecular weight excluding hydrogens is 316 g/mol. The summed E-state index contributed by atoms with van der Waals surface area (Å²) in [5.41, 5.74) is 7.34. The Kier molecular flexibility index (Phi) is 4.15.